The SMILES string of the molecule is NC(=NO)C(NC(=O)c1ccncc1)C1CC1. The van der Waals surface area contributed by atoms with E-state index in [1.807, 2.05) is 0 Å². The zero-order chi connectivity index (χ0) is 12.3. The average Bonchev–Trinajstić information content (AvgIpc) is 3.20. The molecule has 6 heteroatoms. The highest BCUT2D eigenvalue weighted by atomic mass is 16.4. The van der Waals surface area contributed by atoms with E-state index in [-0.39, 0.29) is 23.7 Å². The number of hydrogen-bond donors (Lipinski definition) is 3. The second-order valence-electron chi connectivity index (χ2n) is 4.05. The van der Waals surface area contributed by atoms with Gasteiger partial charge >= 0.3 is 0 Å². The minimum absolute atomic E-state index is 0.0508. The standard InChI is InChI=1S/C11H14N4O2/c12-10(15-17)9(7-1-2-7)14-11(16)8-3-5-13-6-4-8/h3-7,9,17H,1-2H2,(H2,12,15)(H,14,16). The summed E-state index contributed by atoms with van der Waals surface area (Å²) in [6, 6.07) is 2.85. The Morgan fingerprint density at radius 3 is 2.71 bits per heavy atom. The lowest BCUT2D eigenvalue weighted by Crippen LogP contribution is -2.46. The van der Waals surface area contributed by atoms with Crippen LogP contribution in [0.25, 0.3) is 0 Å². The van der Waals surface area contributed by atoms with Gasteiger partial charge in [0.05, 0.1) is 6.04 Å². The molecule has 0 aromatic carbocycles. The first kappa shape index (κ1) is 11.4. The quantitative estimate of drug-likeness (QED) is 0.302. The highest BCUT2D eigenvalue weighted by Gasteiger charge is 2.35. The third-order valence-corrected chi connectivity index (χ3v) is 2.76. The van der Waals surface area contributed by atoms with Crippen molar-refractivity contribution in [2.24, 2.45) is 16.8 Å². The number of rotatable bonds is 4. The Morgan fingerprint density at radius 1 is 1.53 bits per heavy atom. The maximum atomic E-state index is 11.9. The summed E-state index contributed by atoms with van der Waals surface area (Å²) in [6.07, 6.45) is 5.06. The van der Waals surface area contributed by atoms with Crippen LogP contribution in [0.3, 0.4) is 0 Å². The Bertz CT molecular complexity index is 428. The van der Waals surface area contributed by atoms with Crippen molar-refractivity contribution in [2.45, 2.75) is 18.9 Å². The number of carbonyl (C=O) groups is 1. The molecular formula is C11H14N4O2. The molecule has 0 radical (unpaired) electrons. The largest absolute Gasteiger partial charge is 0.409 e. The van der Waals surface area contributed by atoms with Crippen molar-refractivity contribution < 1.29 is 10.0 Å². The second kappa shape index (κ2) is 4.82. The van der Waals surface area contributed by atoms with E-state index in [0.717, 1.165) is 12.8 Å². The zero-order valence-corrected chi connectivity index (χ0v) is 9.21. The van der Waals surface area contributed by atoms with Crippen LogP contribution in [-0.2, 0) is 0 Å². The van der Waals surface area contributed by atoms with Gasteiger partial charge in [0.25, 0.3) is 5.91 Å². The number of amidine groups is 1. The van der Waals surface area contributed by atoms with Crippen LogP contribution < -0.4 is 11.1 Å². The van der Waals surface area contributed by atoms with E-state index in [0.29, 0.717) is 5.56 Å². The molecule has 1 amide bonds. The van der Waals surface area contributed by atoms with Gasteiger partial charge in [-0.2, -0.15) is 0 Å². The lowest BCUT2D eigenvalue weighted by molar-refractivity contribution is 0.0943. The molecule has 1 unspecified atom stereocenters. The summed E-state index contributed by atoms with van der Waals surface area (Å²) < 4.78 is 0. The van der Waals surface area contributed by atoms with E-state index < -0.39 is 0 Å². The van der Waals surface area contributed by atoms with Crippen LogP contribution in [0.1, 0.15) is 23.2 Å². The molecule has 17 heavy (non-hydrogen) atoms. The summed E-state index contributed by atoms with van der Waals surface area (Å²) in [7, 11) is 0. The van der Waals surface area contributed by atoms with Gasteiger partial charge in [-0.05, 0) is 30.9 Å². The molecule has 1 fully saturated rings. The van der Waals surface area contributed by atoms with E-state index in [9.17, 15) is 4.79 Å². The van der Waals surface area contributed by atoms with Crippen LogP contribution in [0.2, 0.25) is 0 Å². The Morgan fingerprint density at radius 2 is 2.18 bits per heavy atom. The number of nitrogens with two attached hydrogens (primary N) is 1. The van der Waals surface area contributed by atoms with Gasteiger partial charge in [-0.15, -0.1) is 0 Å². The van der Waals surface area contributed by atoms with Crippen molar-refractivity contribution >= 4 is 11.7 Å². The lowest BCUT2D eigenvalue weighted by Gasteiger charge is -2.16. The molecule has 0 spiro atoms. The van der Waals surface area contributed by atoms with Crippen LogP contribution >= 0.6 is 0 Å². The van der Waals surface area contributed by atoms with Crippen molar-refractivity contribution in [3.8, 4) is 0 Å². The number of hydrogen-bond acceptors (Lipinski definition) is 4. The van der Waals surface area contributed by atoms with Gasteiger partial charge in [-0.25, -0.2) is 0 Å². The summed E-state index contributed by atoms with van der Waals surface area (Å²) >= 11 is 0. The molecule has 1 heterocycles. The predicted octanol–water partition coefficient (Wildman–Crippen LogP) is 0.336. The third-order valence-electron chi connectivity index (χ3n) is 2.76. The van der Waals surface area contributed by atoms with Crippen LogP contribution in [0, 0.1) is 5.92 Å². The summed E-state index contributed by atoms with van der Waals surface area (Å²) in [5, 5.41) is 14.4. The summed E-state index contributed by atoms with van der Waals surface area (Å²) in [4.78, 5) is 15.7. The molecule has 1 aliphatic rings. The van der Waals surface area contributed by atoms with Gasteiger partial charge in [0.2, 0.25) is 0 Å². The number of aromatic nitrogens is 1. The van der Waals surface area contributed by atoms with Crippen molar-refractivity contribution in [3.05, 3.63) is 30.1 Å². The first-order valence-electron chi connectivity index (χ1n) is 5.40. The van der Waals surface area contributed by atoms with Gasteiger partial charge in [0, 0.05) is 18.0 Å². The Hall–Kier alpha value is -2.11. The molecule has 90 valence electrons. The molecule has 6 nitrogen and oxygen atoms in total. The number of oxime groups is 1. The third kappa shape index (κ3) is 2.72. The predicted molar refractivity (Wildman–Crippen MR) is 61.6 cm³/mol. The summed E-state index contributed by atoms with van der Waals surface area (Å²) in [5.74, 6) is 0.0856. The maximum absolute atomic E-state index is 11.9. The first-order valence-corrected chi connectivity index (χ1v) is 5.40. The summed E-state index contributed by atoms with van der Waals surface area (Å²) in [5.41, 5.74) is 6.07. The molecule has 1 aromatic rings. The van der Waals surface area contributed by atoms with Gasteiger partial charge in [0.1, 0.15) is 0 Å². The van der Waals surface area contributed by atoms with Gasteiger partial charge in [0.15, 0.2) is 5.84 Å². The molecule has 1 saturated carbocycles. The molecule has 2 rings (SSSR count). The van der Waals surface area contributed by atoms with Gasteiger partial charge in [-0.3, -0.25) is 9.78 Å². The van der Waals surface area contributed by atoms with Crippen LogP contribution in [0.4, 0.5) is 0 Å². The average molecular weight is 234 g/mol. The van der Waals surface area contributed by atoms with E-state index in [2.05, 4.69) is 15.5 Å². The van der Waals surface area contributed by atoms with E-state index in [1.165, 1.54) is 0 Å². The van der Waals surface area contributed by atoms with Crippen LogP contribution in [0.5, 0.6) is 0 Å². The van der Waals surface area contributed by atoms with Crippen LogP contribution in [0.15, 0.2) is 29.7 Å². The Balaban J connectivity index is 2.06. The van der Waals surface area contributed by atoms with Crippen molar-refractivity contribution in [1.29, 1.82) is 0 Å². The first-order chi connectivity index (χ1) is 8.22. The highest BCUT2D eigenvalue weighted by Crippen LogP contribution is 2.32. The molecule has 1 aromatic heterocycles. The number of nitrogens with one attached hydrogen (secondary N) is 1. The topological polar surface area (TPSA) is 101 Å². The molecule has 1 atom stereocenters. The molecule has 1 aliphatic carbocycles. The smallest absolute Gasteiger partial charge is 0.251 e. The minimum atomic E-state index is -0.388. The molecular weight excluding hydrogens is 220 g/mol. The normalized spacial score (nSPS) is 17.5. The van der Waals surface area contributed by atoms with Crippen molar-refractivity contribution in [2.75, 3.05) is 0 Å². The van der Waals surface area contributed by atoms with E-state index in [1.54, 1.807) is 24.5 Å². The monoisotopic (exact) mass is 234 g/mol. The lowest BCUT2D eigenvalue weighted by atomic mass is 10.1. The second-order valence-corrected chi connectivity index (χ2v) is 4.05. The van der Waals surface area contributed by atoms with Crippen molar-refractivity contribution in [1.82, 2.24) is 10.3 Å². The molecule has 0 saturated heterocycles. The number of nitrogens with zero attached hydrogens (tertiary/aromatic N) is 2. The molecule has 0 bridgehead atoms. The fraction of sp³-hybridized carbons (Fsp3) is 0.364. The molecule has 0 aliphatic heterocycles. The van der Waals surface area contributed by atoms with Gasteiger partial charge < -0.3 is 16.3 Å². The maximum Gasteiger partial charge on any atom is 0.251 e. The number of pyridine rings is 1. The summed E-state index contributed by atoms with van der Waals surface area (Å²) in [6.45, 7) is 0. The van der Waals surface area contributed by atoms with Crippen molar-refractivity contribution in [3.63, 3.8) is 0 Å². The van der Waals surface area contributed by atoms with E-state index in [4.69, 9.17) is 10.9 Å². The molecule has 4 N–H and O–H groups in total. The number of carbonyl (C=O) groups excluding carboxylic acids is 1. The Kier molecular flexibility index (Phi) is 3.22. The Labute approximate surface area is 98.5 Å². The zero-order valence-electron chi connectivity index (χ0n) is 9.21. The highest BCUT2D eigenvalue weighted by molar-refractivity contribution is 5.98. The van der Waals surface area contributed by atoms with Gasteiger partial charge in [-0.1, -0.05) is 5.16 Å². The number of amides is 1. The fourth-order valence-corrected chi connectivity index (χ4v) is 1.65. The fourth-order valence-electron chi connectivity index (χ4n) is 1.65. The van der Waals surface area contributed by atoms with E-state index >= 15 is 0 Å². The minimum Gasteiger partial charge on any atom is -0.409 e. The van der Waals surface area contributed by atoms with Crippen LogP contribution in [-0.4, -0.2) is 28.0 Å².